The molecule has 2 aliphatic heterocycles. The Hall–Kier alpha value is -2.50. The van der Waals surface area contributed by atoms with Gasteiger partial charge in [-0.05, 0) is 31.0 Å². The summed E-state index contributed by atoms with van der Waals surface area (Å²) in [6, 6.07) is 6.46. The molecule has 1 aromatic heterocycles. The van der Waals surface area contributed by atoms with Crippen LogP contribution in [0.5, 0.6) is 11.5 Å². The van der Waals surface area contributed by atoms with E-state index in [0.717, 1.165) is 36.0 Å². The van der Waals surface area contributed by atoms with E-state index in [0.29, 0.717) is 37.5 Å². The molecule has 6 heteroatoms. The molecule has 0 N–H and O–H groups in total. The second-order valence-electron chi connectivity index (χ2n) is 7.11. The van der Waals surface area contributed by atoms with E-state index in [1.807, 2.05) is 30.6 Å². The van der Waals surface area contributed by atoms with Crippen LogP contribution >= 0.6 is 0 Å². The van der Waals surface area contributed by atoms with E-state index < -0.39 is 0 Å². The molecule has 3 aliphatic rings. The van der Waals surface area contributed by atoms with Gasteiger partial charge < -0.3 is 18.9 Å². The van der Waals surface area contributed by atoms with Crippen LogP contribution in [0.4, 0.5) is 0 Å². The maximum Gasteiger partial charge on any atom is 0.223 e. The van der Waals surface area contributed by atoms with Crippen LogP contribution < -0.4 is 9.47 Å². The number of ether oxygens (including phenoxy) is 2. The van der Waals surface area contributed by atoms with Gasteiger partial charge in [-0.15, -0.1) is 0 Å². The average Bonchev–Trinajstić information content (AvgIpc) is 3.26. The third kappa shape index (κ3) is 2.75. The first-order valence-corrected chi connectivity index (χ1v) is 8.98. The summed E-state index contributed by atoms with van der Waals surface area (Å²) in [5.41, 5.74) is 1.01. The molecule has 1 saturated carbocycles. The van der Waals surface area contributed by atoms with Crippen LogP contribution in [0, 0.1) is 5.92 Å². The van der Waals surface area contributed by atoms with Crippen molar-refractivity contribution >= 4 is 5.91 Å². The average molecular weight is 339 g/mol. The maximum absolute atomic E-state index is 12.2. The number of amides is 1. The van der Waals surface area contributed by atoms with E-state index in [4.69, 9.17) is 9.47 Å². The number of carbonyl (C=O) groups excluding carboxylic acids is 1. The second kappa shape index (κ2) is 5.79. The zero-order valence-corrected chi connectivity index (χ0v) is 14.1. The molecule has 6 nitrogen and oxygen atoms in total. The second-order valence-corrected chi connectivity index (χ2v) is 7.11. The number of hydrogen-bond donors (Lipinski definition) is 0. The van der Waals surface area contributed by atoms with Crippen LogP contribution in [-0.2, 0) is 11.3 Å². The standard InChI is InChI=1S/C19H21N3O3/c23-18-9-13(12-22(18)15-2-3-15)11-21-6-5-20-19(21)14-1-4-16-17(10-14)25-8-7-24-16/h1,4-6,10,13,15H,2-3,7-9,11-12H2. The molecule has 130 valence electrons. The van der Waals surface area contributed by atoms with Crippen molar-refractivity contribution < 1.29 is 14.3 Å². The van der Waals surface area contributed by atoms with Gasteiger partial charge in [0.15, 0.2) is 11.5 Å². The molecule has 5 rings (SSSR count). The van der Waals surface area contributed by atoms with Crippen LogP contribution in [0.15, 0.2) is 30.6 Å². The predicted octanol–water partition coefficient (Wildman–Crippen LogP) is 2.33. The van der Waals surface area contributed by atoms with Crippen molar-refractivity contribution in [3.8, 4) is 22.9 Å². The molecular weight excluding hydrogens is 318 g/mol. The smallest absolute Gasteiger partial charge is 0.223 e. The zero-order chi connectivity index (χ0) is 16.8. The lowest BCUT2D eigenvalue weighted by molar-refractivity contribution is -0.128. The summed E-state index contributed by atoms with van der Waals surface area (Å²) < 4.78 is 13.4. The Morgan fingerprint density at radius 1 is 1.16 bits per heavy atom. The Labute approximate surface area is 146 Å². The van der Waals surface area contributed by atoms with Crippen molar-refractivity contribution in [1.29, 1.82) is 0 Å². The Balaban J connectivity index is 1.36. The number of likely N-dealkylation sites (tertiary alicyclic amines) is 1. The maximum atomic E-state index is 12.2. The van der Waals surface area contributed by atoms with E-state index in [9.17, 15) is 4.79 Å². The predicted molar refractivity (Wildman–Crippen MR) is 91.5 cm³/mol. The van der Waals surface area contributed by atoms with Gasteiger partial charge in [-0.3, -0.25) is 4.79 Å². The molecule has 2 fully saturated rings. The summed E-state index contributed by atoms with van der Waals surface area (Å²) in [5.74, 6) is 3.14. The molecule has 0 radical (unpaired) electrons. The summed E-state index contributed by atoms with van der Waals surface area (Å²) in [7, 11) is 0. The van der Waals surface area contributed by atoms with Gasteiger partial charge in [0.1, 0.15) is 19.0 Å². The van der Waals surface area contributed by atoms with Gasteiger partial charge in [0, 0.05) is 49.4 Å². The molecule has 0 spiro atoms. The third-order valence-electron chi connectivity index (χ3n) is 5.20. The van der Waals surface area contributed by atoms with Gasteiger partial charge in [-0.1, -0.05) is 0 Å². The summed E-state index contributed by atoms with van der Waals surface area (Å²) in [5, 5.41) is 0. The van der Waals surface area contributed by atoms with Crippen LogP contribution in [0.25, 0.3) is 11.4 Å². The molecule has 2 aromatic rings. The van der Waals surface area contributed by atoms with Gasteiger partial charge in [0.2, 0.25) is 5.91 Å². The largest absolute Gasteiger partial charge is 0.486 e. The monoisotopic (exact) mass is 339 g/mol. The zero-order valence-electron chi connectivity index (χ0n) is 14.1. The number of nitrogens with zero attached hydrogens (tertiary/aromatic N) is 3. The minimum absolute atomic E-state index is 0.313. The van der Waals surface area contributed by atoms with Gasteiger partial charge >= 0.3 is 0 Å². The lowest BCUT2D eigenvalue weighted by atomic mass is 10.1. The highest BCUT2D eigenvalue weighted by Crippen LogP contribution is 2.35. The highest BCUT2D eigenvalue weighted by molar-refractivity contribution is 5.79. The van der Waals surface area contributed by atoms with E-state index in [1.54, 1.807) is 0 Å². The molecule has 0 bridgehead atoms. The van der Waals surface area contributed by atoms with E-state index in [1.165, 1.54) is 12.8 Å². The third-order valence-corrected chi connectivity index (χ3v) is 5.20. The Kier molecular flexibility index (Phi) is 3.43. The number of rotatable bonds is 4. The molecular formula is C19H21N3O3. The Bertz CT molecular complexity index is 812. The Morgan fingerprint density at radius 2 is 2.00 bits per heavy atom. The first kappa shape index (κ1) is 14.8. The fourth-order valence-corrected chi connectivity index (χ4v) is 3.85. The minimum atomic E-state index is 0.313. The number of hydrogen-bond acceptors (Lipinski definition) is 4. The van der Waals surface area contributed by atoms with Crippen LogP contribution in [0.1, 0.15) is 19.3 Å². The van der Waals surface area contributed by atoms with Gasteiger partial charge in [-0.2, -0.15) is 0 Å². The molecule has 3 heterocycles. The first-order valence-electron chi connectivity index (χ1n) is 8.98. The topological polar surface area (TPSA) is 56.6 Å². The van der Waals surface area contributed by atoms with Gasteiger partial charge in [-0.25, -0.2) is 4.98 Å². The highest BCUT2D eigenvalue weighted by Gasteiger charge is 2.39. The van der Waals surface area contributed by atoms with Crippen LogP contribution in [0.2, 0.25) is 0 Å². The number of fused-ring (bicyclic) bond motifs is 1. The van der Waals surface area contributed by atoms with Gasteiger partial charge in [0.25, 0.3) is 0 Å². The molecule has 1 saturated heterocycles. The van der Waals surface area contributed by atoms with Crippen molar-refractivity contribution in [1.82, 2.24) is 14.5 Å². The van der Waals surface area contributed by atoms with Crippen molar-refractivity contribution in [2.24, 2.45) is 5.92 Å². The fraction of sp³-hybridized carbons (Fsp3) is 0.474. The Morgan fingerprint density at radius 3 is 2.84 bits per heavy atom. The van der Waals surface area contributed by atoms with Crippen LogP contribution in [0.3, 0.4) is 0 Å². The molecule has 1 aliphatic carbocycles. The molecule has 1 amide bonds. The molecule has 25 heavy (non-hydrogen) atoms. The first-order chi connectivity index (χ1) is 12.3. The normalized spacial score (nSPS) is 22.5. The number of carbonyl (C=O) groups is 1. The number of imidazole rings is 1. The lowest BCUT2D eigenvalue weighted by Crippen LogP contribution is -2.27. The van der Waals surface area contributed by atoms with Crippen molar-refractivity contribution in [2.75, 3.05) is 19.8 Å². The number of benzene rings is 1. The van der Waals surface area contributed by atoms with E-state index >= 15 is 0 Å². The summed E-state index contributed by atoms with van der Waals surface area (Å²) >= 11 is 0. The number of aromatic nitrogens is 2. The molecule has 1 atom stereocenters. The summed E-state index contributed by atoms with van der Waals surface area (Å²) in [6.45, 7) is 2.86. The van der Waals surface area contributed by atoms with Crippen molar-refractivity contribution in [3.05, 3.63) is 30.6 Å². The molecule has 1 aromatic carbocycles. The van der Waals surface area contributed by atoms with Crippen LogP contribution in [-0.4, -0.2) is 46.2 Å². The lowest BCUT2D eigenvalue weighted by Gasteiger charge is -2.19. The van der Waals surface area contributed by atoms with E-state index in [2.05, 4.69) is 14.5 Å². The highest BCUT2D eigenvalue weighted by atomic mass is 16.6. The molecule has 1 unspecified atom stereocenters. The fourth-order valence-electron chi connectivity index (χ4n) is 3.85. The SMILES string of the molecule is O=C1CC(Cn2ccnc2-c2ccc3c(c2)OCCO3)CN1C1CC1. The van der Waals surface area contributed by atoms with Crippen molar-refractivity contribution in [3.63, 3.8) is 0 Å². The minimum Gasteiger partial charge on any atom is -0.486 e. The van der Waals surface area contributed by atoms with E-state index in [-0.39, 0.29) is 0 Å². The summed E-state index contributed by atoms with van der Waals surface area (Å²) in [6.07, 6.45) is 6.81. The van der Waals surface area contributed by atoms with Crippen molar-refractivity contribution in [2.45, 2.75) is 31.8 Å². The summed E-state index contributed by atoms with van der Waals surface area (Å²) in [4.78, 5) is 18.8. The van der Waals surface area contributed by atoms with Gasteiger partial charge in [0.05, 0.1) is 0 Å². The quantitative estimate of drug-likeness (QED) is 0.858.